The summed E-state index contributed by atoms with van der Waals surface area (Å²) in [7, 11) is 0. The van der Waals surface area contributed by atoms with E-state index in [0.717, 1.165) is 41.1 Å². The average Bonchev–Trinajstić information content (AvgIpc) is 2.82. The molecule has 2 aromatic rings. The fraction of sp³-hybridized carbons (Fsp3) is 0.308. The molecule has 4 heteroatoms. The van der Waals surface area contributed by atoms with Crippen LogP contribution in [-0.2, 0) is 0 Å². The minimum atomic E-state index is 0.510. The van der Waals surface area contributed by atoms with Crippen LogP contribution < -0.4 is 10.6 Å². The summed E-state index contributed by atoms with van der Waals surface area (Å²) in [6.07, 6.45) is 2.99. The molecule has 2 heterocycles. The van der Waals surface area contributed by atoms with Crippen molar-refractivity contribution in [2.75, 3.05) is 18.4 Å². The molecule has 1 fully saturated rings. The number of nitrogens with one attached hydrogen (secondary N) is 2. The number of aromatic nitrogens is 1. The molecule has 1 aliphatic heterocycles. The fourth-order valence-corrected chi connectivity index (χ4v) is 2.41. The predicted octanol–water partition coefficient (Wildman–Crippen LogP) is 2.66. The van der Waals surface area contributed by atoms with Crippen molar-refractivity contribution >= 4 is 28.2 Å². The zero-order valence-corrected chi connectivity index (χ0v) is 10.2. The van der Waals surface area contributed by atoms with Crippen LogP contribution in [0.5, 0.6) is 0 Å². The quantitative estimate of drug-likeness (QED) is 0.857. The van der Waals surface area contributed by atoms with Gasteiger partial charge in [0.05, 0.1) is 5.52 Å². The van der Waals surface area contributed by atoms with Gasteiger partial charge in [-0.25, -0.2) is 0 Å². The van der Waals surface area contributed by atoms with Gasteiger partial charge in [0.2, 0.25) is 0 Å². The molecule has 2 N–H and O–H groups in total. The summed E-state index contributed by atoms with van der Waals surface area (Å²) in [4.78, 5) is 4.34. The summed E-state index contributed by atoms with van der Waals surface area (Å²) >= 11 is 5.97. The maximum Gasteiger partial charge on any atom is 0.0737 e. The molecule has 3 rings (SSSR count). The molecule has 1 saturated heterocycles. The molecule has 88 valence electrons. The second-order valence-electron chi connectivity index (χ2n) is 4.35. The lowest BCUT2D eigenvalue weighted by molar-refractivity contribution is 0.794. The van der Waals surface area contributed by atoms with Crippen molar-refractivity contribution in [3.8, 4) is 0 Å². The summed E-state index contributed by atoms with van der Waals surface area (Å²) in [6, 6.07) is 8.36. The lowest BCUT2D eigenvalue weighted by Crippen LogP contribution is -2.22. The molecule has 0 aliphatic carbocycles. The Morgan fingerprint density at radius 1 is 1.35 bits per heavy atom. The second-order valence-corrected chi connectivity index (χ2v) is 4.79. The molecular weight excluding hydrogens is 234 g/mol. The third-order valence-corrected chi connectivity index (χ3v) is 3.36. The topological polar surface area (TPSA) is 37.0 Å². The maximum absolute atomic E-state index is 5.97. The number of fused-ring (bicyclic) bond motifs is 1. The first-order chi connectivity index (χ1) is 8.33. The number of hydrogen-bond donors (Lipinski definition) is 2. The molecule has 1 aliphatic rings. The van der Waals surface area contributed by atoms with Crippen LogP contribution in [0.3, 0.4) is 0 Å². The van der Waals surface area contributed by atoms with Crippen LogP contribution in [0.1, 0.15) is 6.42 Å². The normalized spacial score (nSPS) is 19.7. The Morgan fingerprint density at radius 2 is 2.29 bits per heavy atom. The van der Waals surface area contributed by atoms with Crippen LogP contribution in [0.4, 0.5) is 5.69 Å². The van der Waals surface area contributed by atoms with Gasteiger partial charge in [0.1, 0.15) is 0 Å². The highest BCUT2D eigenvalue weighted by Crippen LogP contribution is 2.25. The summed E-state index contributed by atoms with van der Waals surface area (Å²) in [6.45, 7) is 2.11. The minimum absolute atomic E-state index is 0.510. The number of hydrogen-bond acceptors (Lipinski definition) is 3. The van der Waals surface area contributed by atoms with Gasteiger partial charge in [0.15, 0.2) is 0 Å². The van der Waals surface area contributed by atoms with Crippen LogP contribution in [-0.4, -0.2) is 24.1 Å². The first-order valence-electron chi connectivity index (χ1n) is 5.84. The van der Waals surface area contributed by atoms with Crippen molar-refractivity contribution in [1.29, 1.82) is 0 Å². The third kappa shape index (κ3) is 2.21. The Labute approximate surface area is 105 Å². The highest BCUT2D eigenvalue weighted by atomic mass is 35.5. The van der Waals surface area contributed by atoms with E-state index in [0.29, 0.717) is 6.04 Å². The molecule has 3 nitrogen and oxygen atoms in total. The van der Waals surface area contributed by atoms with Crippen LogP contribution >= 0.6 is 11.6 Å². The Balaban J connectivity index is 1.97. The van der Waals surface area contributed by atoms with Crippen molar-refractivity contribution in [2.24, 2.45) is 0 Å². The third-order valence-electron chi connectivity index (χ3n) is 3.12. The predicted molar refractivity (Wildman–Crippen MR) is 71.7 cm³/mol. The van der Waals surface area contributed by atoms with E-state index >= 15 is 0 Å². The zero-order chi connectivity index (χ0) is 11.7. The van der Waals surface area contributed by atoms with E-state index in [-0.39, 0.29) is 0 Å². The largest absolute Gasteiger partial charge is 0.380 e. The van der Waals surface area contributed by atoms with E-state index < -0.39 is 0 Å². The van der Waals surface area contributed by atoms with Crippen molar-refractivity contribution in [1.82, 2.24) is 10.3 Å². The van der Waals surface area contributed by atoms with Gasteiger partial charge in [-0.2, -0.15) is 0 Å². The highest BCUT2D eigenvalue weighted by Gasteiger charge is 2.14. The van der Waals surface area contributed by atoms with E-state index in [4.69, 9.17) is 11.6 Å². The van der Waals surface area contributed by atoms with E-state index in [1.807, 2.05) is 30.5 Å². The van der Waals surface area contributed by atoms with Gasteiger partial charge in [0.25, 0.3) is 0 Å². The van der Waals surface area contributed by atoms with Gasteiger partial charge in [-0.05, 0) is 37.2 Å². The number of anilines is 1. The molecule has 0 unspecified atom stereocenters. The SMILES string of the molecule is Clc1ccc2c(N[C@@H]3CCNC3)ccnc2c1. The van der Waals surface area contributed by atoms with Gasteiger partial charge >= 0.3 is 0 Å². The molecule has 0 saturated carbocycles. The molecular formula is C13H14ClN3. The average molecular weight is 248 g/mol. The first-order valence-corrected chi connectivity index (χ1v) is 6.22. The van der Waals surface area contributed by atoms with Crippen molar-refractivity contribution < 1.29 is 0 Å². The van der Waals surface area contributed by atoms with Gasteiger partial charge in [-0.15, -0.1) is 0 Å². The second kappa shape index (κ2) is 4.51. The molecule has 1 aromatic heterocycles. The highest BCUT2D eigenvalue weighted by molar-refractivity contribution is 6.31. The summed E-state index contributed by atoms with van der Waals surface area (Å²) in [5, 5.41) is 8.76. The monoisotopic (exact) mass is 247 g/mol. The molecule has 0 spiro atoms. The number of benzene rings is 1. The summed E-state index contributed by atoms with van der Waals surface area (Å²) in [5.41, 5.74) is 2.08. The lowest BCUT2D eigenvalue weighted by Gasteiger charge is -2.14. The van der Waals surface area contributed by atoms with Crippen molar-refractivity contribution in [2.45, 2.75) is 12.5 Å². The number of pyridine rings is 1. The van der Waals surface area contributed by atoms with Gasteiger partial charge in [-0.1, -0.05) is 11.6 Å². The molecule has 0 radical (unpaired) electrons. The number of rotatable bonds is 2. The molecule has 1 aromatic carbocycles. The van der Waals surface area contributed by atoms with Crippen LogP contribution in [0.15, 0.2) is 30.5 Å². The van der Waals surface area contributed by atoms with E-state index in [1.54, 1.807) is 0 Å². The van der Waals surface area contributed by atoms with Gasteiger partial charge < -0.3 is 10.6 Å². The van der Waals surface area contributed by atoms with E-state index in [2.05, 4.69) is 15.6 Å². The maximum atomic E-state index is 5.97. The molecule has 17 heavy (non-hydrogen) atoms. The van der Waals surface area contributed by atoms with Crippen LogP contribution in [0.25, 0.3) is 10.9 Å². The minimum Gasteiger partial charge on any atom is -0.380 e. The first kappa shape index (κ1) is 10.8. The lowest BCUT2D eigenvalue weighted by atomic mass is 10.1. The Kier molecular flexibility index (Phi) is 2.87. The van der Waals surface area contributed by atoms with Crippen LogP contribution in [0.2, 0.25) is 5.02 Å². The number of nitrogens with zero attached hydrogens (tertiary/aromatic N) is 1. The van der Waals surface area contributed by atoms with E-state index in [1.165, 1.54) is 0 Å². The summed E-state index contributed by atoms with van der Waals surface area (Å²) < 4.78 is 0. The Bertz CT molecular complexity index is 535. The zero-order valence-electron chi connectivity index (χ0n) is 9.41. The fourth-order valence-electron chi connectivity index (χ4n) is 2.24. The Hall–Kier alpha value is -1.32. The molecule has 0 amide bonds. The standard InChI is InChI=1S/C13H14ClN3/c14-9-1-2-11-12(4-6-16-13(11)7-9)17-10-3-5-15-8-10/h1-2,4,6-7,10,15H,3,5,8H2,(H,16,17)/t10-/m1/s1. The van der Waals surface area contributed by atoms with E-state index in [9.17, 15) is 0 Å². The number of halogens is 1. The van der Waals surface area contributed by atoms with Crippen LogP contribution in [0, 0.1) is 0 Å². The van der Waals surface area contributed by atoms with Gasteiger partial charge in [-0.3, -0.25) is 4.98 Å². The molecule has 0 bridgehead atoms. The Morgan fingerprint density at radius 3 is 3.12 bits per heavy atom. The smallest absolute Gasteiger partial charge is 0.0737 e. The van der Waals surface area contributed by atoms with Crippen molar-refractivity contribution in [3.05, 3.63) is 35.5 Å². The molecule has 1 atom stereocenters. The van der Waals surface area contributed by atoms with Crippen molar-refractivity contribution in [3.63, 3.8) is 0 Å². The summed E-state index contributed by atoms with van der Waals surface area (Å²) in [5.74, 6) is 0. The van der Waals surface area contributed by atoms with Gasteiger partial charge in [0, 0.05) is 34.9 Å².